The Labute approximate surface area is 195 Å². The number of carbonyl (C=O) groups excluding carboxylic acids is 2. The van der Waals surface area contributed by atoms with Gasteiger partial charge in [0.2, 0.25) is 0 Å². The number of esters is 1. The van der Waals surface area contributed by atoms with E-state index in [1.54, 1.807) is 24.3 Å². The Hall–Kier alpha value is -4.73. The normalized spacial score (nSPS) is 12.1. The summed E-state index contributed by atoms with van der Waals surface area (Å²) in [7, 11) is 0. The Bertz CT molecular complexity index is 1210. The fourth-order valence-electron chi connectivity index (χ4n) is 3.28. The van der Waals surface area contributed by atoms with E-state index in [9.17, 15) is 19.7 Å². The molecule has 1 amide bonds. The molecule has 3 rings (SSSR count). The van der Waals surface area contributed by atoms with Gasteiger partial charge in [-0.1, -0.05) is 42.5 Å². The van der Waals surface area contributed by atoms with Crippen LogP contribution in [0.5, 0.6) is 0 Å². The lowest BCUT2D eigenvalue weighted by Gasteiger charge is -2.33. The molecule has 10 heteroatoms. The van der Waals surface area contributed by atoms with Gasteiger partial charge < -0.3 is 21.1 Å². The topological polar surface area (TPSA) is 160 Å². The van der Waals surface area contributed by atoms with Gasteiger partial charge in [0.1, 0.15) is 5.84 Å². The summed E-state index contributed by atoms with van der Waals surface area (Å²) >= 11 is 0. The quantitative estimate of drug-likeness (QED) is 0.0951. The third-order valence-electron chi connectivity index (χ3n) is 4.89. The summed E-state index contributed by atoms with van der Waals surface area (Å²) in [6.07, 6.45) is 0. The van der Waals surface area contributed by atoms with Gasteiger partial charge in [-0.3, -0.25) is 25.1 Å². The second kappa shape index (κ2) is 10.3. The summed E-state index contributed by atoms with van der Waals surface area (Å²) < 4.78 is 5.54. The number of non-ortho nitro benzene ring substituents is 1. The highest BCUT2D eigenvalue weighted by Crippen LogP contribution is 2.31. The highest BCUT2D eigenvalue weighted by atomic mass is 16.6. The highest BCUT2D eigenvalue weighted by Gasteiger charge is 2.45. The van der Waals surface area contributed by atoms with Gasteiger partial charge in [0, 0.05) is 42.4 Å². The van der Waals surface area contributed by atoms with Crippen LogP contribution in [-0.4, -0.2) is 22.6 Å². The minimum absolute atomic E-state index is 0.0538. The summed E-state index contributed by atoms with van der Waals surface area (Å²) in [6, 6.07) is 20.6. The zero-order valence-corrected chi connectivity index (χ0v) is 18.3. The first-order valence-corrected chi connectivity index (χ1v) is 10.2. The minimum atomic E-state index is -2.12. The van der Waals surface area contributed by atoms with E-state index in [1.807, 2.05) is 30.3 Å². The maximum atomic E-state index is 13.6. The SMILES string of the molecule is CC(=O)O[C@](Nc1ccc(C(=N)N)cc1)(C(=O)NCc1ccccc1)c1cccc([N+](=O)[O-])c1. The number of amides is 1. The zero-order chi connectivity index (χ0) is 24.7. The van der Waals surface area contributed by atoms with Crippen LogP contribution in [-0.2, 0) is 26.6 Å². The first kappa shape index (κ1) is 23.9. The van der Waals surface area contributed by atoms with Crippen molar-refractivity contribution >= 4 is 29.1 Å². The van der Waals surface area contributed by atoms with Gasteiger partial charge in [-0.25, -0.2) is 0 Å². The number of amidine groups is 1. The highest BCUT2D eigenvalue weighted by molar-refractivity contribution is 5.95. The fourth-order valence-corrected chi connectivity index (χ4v) is 3.28. The Kier molecular flexibility index (Phi) is 7.22. The smallest absolute Gasteiger partial charge is 0.305 e. The van der Waals surface area contributed by atoms with E-state index in [0.717, 1.165) is 12.5 Å². The van der Waals surface area contributed by atoms with Gasteiger partial charge >= 0.3 is 5.97 Å². The van der Waals surface area contributed by atoms with Crippen LogP contribution in [0.25, 0.3) is 0 Å². The molecule has 5 N–H and O–H groups in total. The molecule has 0 aliphatic carbocycles. The Morgan fingerprint density at radius 3 is 2.32 bits per heavy atom. The molecule has 3 aromatic rings. The summed E-state index contributed by atoms with van der Waals surface area (Å²) in [5.41, 5.74) is 4.76. The maximum absolute atomic E-state index is 13.6. The minimum Gasteiger partial charge on any atom is -0.425 e. The number of nitro groups is 1. The molecule has 0 saturated heterocycles. The van der Waals surface area contributed by atoms with Crippen LogP contribution in [0.4, 0.5) is 11.4 Å². The lowest BCUT2D eigenvalue weighted by atomic mass is 9.99. The molecule has 0 aliphatic heterocycles. The molecule has 1 atom stereocenters. The monoisotopic (exact) mass is 461 g/mol. The van der Waals surface area contributed by atoms with Crippen molar-refractivity contribution in [3.63, 3.8) is 0 Å². The first-order valence-electron chi connectivity index (χ1n) is 10.2. The Morgan fingerprint density at radius 1 is 1.06 bits per heavy atom. The third kappa shape index (κ3) is 5.54. The molecular formula is C24H23N5O5. The van der Waals surface area contributed by atoms with E-state index in [-0.39, 0.29) is 23.6 Å². The first-order chi connectivity index (χ1) is 16.2. The molecule has 0 radical (unpaired) electrons. The summed E-state index contributed by atoms with van der Waals surface area (Å²) in [6.45, 7) is 1.26. The summed E-state index contributed by atoms with van der Waals surface area (Å²) in [5.74, 6) is -1.66. The van der Waals surface area contributed by atoms with E-state index >= 15 is 0 Å². The van der Waals surface area contributed by atoms with Gasteiger partial charge in [-0.2, -0.15) is 0 Å². The lowest BCUT2D eigenvalue weighted by Crippen LogP contribution is -2.52. The number of nitro benzene ring substituents is 1. The molecule has 0 fully saturated rings. The third-order valence-corrected chi connectivity index (χ3v) is 4.89. The van der Waals surface area contributed by atoms with Gasteiger partial charge in [0.25, 0.3) is 17.3 Å². The number of rotatable bonds is 9. The van der Waals surface area contributed by atoms with Crippen molar-refractivity contribution in [2.45, 2.75) is 19.2 Å². The number of carbonyl (C=O) groups is 2. The number of ether oxygens (including phenoxy) is 1. The predicted octanol–water partition coefficient (Wildman–Crippen LogP) is 3.02. The van der Waals surface area contributed by atoms with Gasteiger partial charge in [-0.05, 0) is 29.8 Å². The Morgan fingerprint density at radius 2 is 1.74 bits per heavy atom. The number of hydrogen-bond donors (Lipinski definition) is 4. The number of nitrogen functional groups attached to an aromatic ring is 1. The van der Waals surface area contributed by atoms with Gasteiger partial charge in [-0.15, -0.1) is 0 Å². The van der Waals surface area contributed by atoms with Crippen LogP contribution in [0.2, 0.25) is 0 Å². The number of nitrogens with two attached hydrogens (primary N) is 1. The molecule has 0 saturated carbocycles. The van der Waals surface area contributed by atoms with Crippen molar-refractivity contribution in [1.29, 1.82) is 5.41 Å². The number of nitrogens with one attached hydrogen (secondary N) is 3. The largest absolute Gasteiger partial charge is 0.425 e. The average Bonchev–Trinajstić information content (AvgIpc) is 2.82. The number of nitrogens with zero attached hydrogens (tertiary/aromatic N) is 1. The van der Waals surface area contributed by atoms with E-state index in [1.165, 1.54) is 24.3 Å². The average molecular weight is 461 g/mol. The van der Waals surface area contributed by atoms with E-state index in [4.69, 9.17) is 15.9 Å². The Balaban J connectivity index is 2.08. The fraction of sp³-hybridized carbons (Fsp3) is 0.125. The predicted molar refractivity (Wildman–Crippen MR) is 126 cm³/mol. The van der Waals surface area contributed by atoms with Crippen LogP contribution in [0.1, 0.15) is 23.6 Å². The second-order valence-corrected chi connectivity index (χ2v) is 7.37. The van der Waals surface area contributed by atoms with Crippen molar-refractivity contribution in [2.75, 3.05) is 5.32 Å². The van der Waals surface area contributed by atoms with Crippen molar-refractivity contribution in [3.8, 4) is 0 Å². The summed E-state index contributed by atoms with van der Waals surface area (Å²) in [4.78, 5) is 36.5. The number of anilines is 1. The van der Waals surface area contributed by atoms with Gasteiger partial charge in [0.15, 0.2) is 0 Å². The van der Waals surface area contributed by atoms with Crippen LogP contribution in [0.15, 0.2) is 78.9 Å². The van der Waals surface area contributed by atoms with Crippen LogP contribution in [0.3, 0.4) is 0 Å². The zero-order valence-electron chi connectivity index (χ0n) is 18.3. The molecule has 0 heterocycles. The summed E-state index contributed by atoms with van der Waals surface area (Å²) in [5, 5.41) is 24.6. The van der Waals surface area contributed by atoms with Crippen molar-refractivity contribution in [2.24, 2.45) is 5.73 Å². The maximum Gasteiger partial charge on any atom is 0.305 e. The van der Waals surface area contributed by atoms with Crippen molar-refractivity contribution in [3.05, 3.63) is 106 Å². The molecule has 0 spiro atoms. The molecule has 10 nitrogen and oxygen atoms in total. The number of hydrogen-bond acceptors (Lipinski definition) is 7. The second-order valence-electron chi connectivity index (χ2n) is 7.37. The molecule has 3 aromatic carbocycles. The molecule has 34 heavy (non-hydrogen) atoms. The van der Waals surface area contributed by atoms with Crippen molar-refractivity contribution < 1.29 is 19.2 Å². The van der Waals surface area contributed by atoms with E-state index < -0.39 is 22.5 Å². The van der Waals surface area contributed by atoms with Crippen LogP contribution >= 0.6 is 0 Å². The van der Waals surface area contributed by atoms with Crippen LogP contribution < -0.4 is 16.4 Å². The molecule has 174 valence electrons. The number of benzene rings is 3. The van der Waals surface area contributed by atoms with Gasteiger partial charge in [0.05, 0.1) is 4.92 Å². The van der Waals surface area contributed by atoms with E-state index in [0.29, 0.717) is 11.3 Å². The molecule has 0 aliphatic rings. The molecule has 0 bridgehead atoms. The van der Waals surface area contributed by atoms with Crippen LogP contribution in [0, 0.1) is 15.5 Å². The molecule has 0 unspecified atom stereocenters. The van der Waals surface area contributed by atoms with Crippen molar-refractivity contribution in [1.82, 2.24) is 5.32 Å². The standard InChI is InChI=1S/C24H23N5O5/c1-16(30)34-24(19-8-5-9-21(14-19)29(32)33,23(31)27-15-17-6-3-2-4-7-17)28-20-12-10-18(11-13-20)22(25)26/h2-14,28H,15H2,1H3,(H3,25,26)(H,27,31)/t24-/m0/s1. The molecule has 0 aromatic heterocycles. The van der Waals surface area contributed by atoms with E-state index in [2.05, 4.69) is 10.6 Å². The molecular weight excluding hydrogens is 438 g/mol. The lowest BCUT2D eigenvalue weighted by molar-refractivity contribution is -0.385.